The van der Waals surface area contributed by atoms with Gasteiger partial charge in [-0.05, 0) is 31.4 Å². The van der Waals surface area contributed by atoms with Crippen molar-refractivity contribution in [1.29, 1.82) is 0 Å². The molecule has 0 spiro atoms. The van der Waals surface area contributed by atoms with Crippen LogP contribution in [-0.4, -0.2) is 36.9 Å². The van der Waals surface area contributed by atoms with Crippen LogP contribution < -0.4 is 4.74 Å². The highest BCUT2D eigenvalue weighted by Gasteiger charge is 2.28. The quantitative estimate of drug-likeness (QED) is 0.766. The lowest BCUT2D eigenvalue weighted by Crippen LogP contribution is -2.32. The molecular weight excluding hydrogens is 226 g/mol. The maximum absolute atomic E-state index is 12.3. The van der Waals surface area contributed by atoms with Crippen LogP contribution in [0.4, 0.5) is 0 Å². The Kier molecular flexibility index (Phi) is 4.02. The maximum Gasteiger partial charge on any atom is 0.180 e. The molecule has 0 radical (unpaired) electrons. The number of hydrogen-bond donors (Lipinski definition) is 0. The molecule has 0 aromatic heterocycles. The summed E-state index contributed by atoms with van der Waals surface area (Å²) in [7, 11) is 1.60. The van der Waals surface area contributed by atoms with E-state index in [1.165, 1.54) is 6.42 Å². The number of benzene rings is 1. The number of hydrogen-bond acceptors (Lipinski definition) is 3. The molecule has 2 atom stereocenters. The van der Waals surface area contributed by atoms with Crippen molar-refractivity contribution < 1.29 is 9.53 Å². The second-order valence-corrected chi connectivity index (χ2v) is 5.24. The van der Waals surface area contributed by atoms with Gasteiger partial charge in [0.1, 0.15) is 5.75 Å². The van der Waals surface area contributed by atoms with Crippen LogP contribution in [-0.2, 0) is 0 Å². The van der Waals surface area contributed by atoms with Crippen LogP contribution in [0, 0.1) is 5.92 Å². The molecule has 0 N–H and O–H groups in total. The lowest BCUT2D eigenvalue weighted by Gasteiger charge is -2.20. The molecule has 3 heteroatoms. The van der Waals surface area contributed by atoms with Crippen LogP contribution in [0.25, 0.3) is 0 Å². The van der Waals surface area contributed by atoms with Gasteiger partial charge in [0.15, 0.2) is 5.78 Å². The Morgan fingerprint density at radius 2 is 2.11 bits per heavy atom. The Hall–Kier alpha value is -1.35. The molecule has 1 aliphatic heterocycles. The van der Waals surface area contributed by atoms with Gasteiger partial charge in [-0.15, -0.1) is 0 Å². The first-order chi connectivity index (χ1) is 8.61. The van der Waals surface area contributed by atoms with Gasteiger partial charge in [-0.2, -0.15) is 0 Å². The van der Waals surface area contributed by atoms with Crippen molar-refractivity contribution in [2.45, 2.75) is 26.3 Å². The standard InChI is InChI=1S/C15H21NO2/c1-11-8-12(2)16(9-11)10-14(17)13-6-4-5-7-15(13)18-3/h4-7,11-12H,8-10H2,1-3H3. The smallest absolute Gasteiger partial charge is 0.180 e. The Balaban J connectivity index is 2.08. The molecule has 18 heavy (non-hydrogen) atoms. The number of ketones is 1. The van der Waals surface area contributed by atoms with E-state index < -0.39 is 0 Å². The number of methoxy groups -OCH3 is 1. The van der Waals surface area contributed by atoms with Crippen LogP contribution in [0.2, 0.25) is 0 Å². The zero-order valence-electron chi connectivity index (χ0n) is 11.3. The monoisotopic (exact) mass is 247 g/mol. The van der Waals surface area contributed by atoms with E-state index in [2.05, 4.69) is 18.7 Å². The van der Waals surface area contributed by atoms with Crippen LogP contribution in [0.5, 0.6) is 5.75 Å². The van der Waals surface area contributed by atoms with E-state index in [1.807, 2.05) is 24.3 Å². The lowest BCUT2D eigenvalue weighted by atomic mass is 10.1. The van der Waals surface area contributed by atoms with E-state index in [1.54, 1.807) is 7.11 Å². The molecule has 2 unspecified atom stereocenters. The fraction of sp³-hybridized carbons (Fsp3) is 0.533. The second kappa shape index (κ2) is 5.53. The van der Waals surface area contributed by atoms with E-state index >= 15 is 0 Å². The molecule has 1 aromatic carbocycles. The van der Waals surface area contributed by atoms with Gasteiger partial charge in [-0.1, -0.05) is 19.1 Å². The zero-order valence-corrected chi connectivity index (χ0v) is 11.3. The third-order valence-electron chi connectivity index (χ3n) is 3.67. The van der Waals surface area contributed by atoms with Gasteiger partial charge < -0.3 is 4.74 Å². The molecular formula is C15H21NO2. The topological polar surface area (TPSA) is 29.5 Å². The largest absolute Gasteiger partial charge is 0.496 e. The predicted molar refractivity (Wildman–Crippen MR) is 72.1 cm³/mol. The van der Waals surface area contributed by atoms with Crippen molar-refractivity contribution >= 4 is 5.78 Å². The van der Waals surface area contributed by atoms with Gasteiger partial charge in [-0.25, -0.2) is 0 Å². The average molecular weight is 247 g/mol. The maximum atomic E-state index is 12.3. The number of rotatable bonds is 4. The van der Waals surface area contributed by atoms with Gasteiger partial charge in [0.25, 0.3) is 0 Å². The summed E-state index contributed by atoms with van der Waals surface area (Å²) in [6.45, 7) is 5.94. The number of carbonyl (C=O) groups excluding carboxylic acids is 1. The zero-order chi connectivity index (χ0) is 13.1. The van der Waals surface area contributed by atoms with E-state index in [0.29, 0.717) is 29.8 Å². The van der Waals surface area contributed by atoms with Gasteiger partial charge in [-0.3, -0.25) is 9.69 Å². The molecule has 0 saturated carbocycles. The van der Waals surface area contributed by atoms with Crippen molar-refractivity contribution in [3.63, 3.8) is 0 Å². The molecule has 1 aliphatic rings. The molecule has 1 aromatic rings. The highest BCUT2D eigenvalue weighted by molar-refractivity contribution is 6.00. The number of para-hydroxylation sites is 1. The SMILES string of the molecule is COc1ccccc1C(=O)CN1CC(C)CC1C. The predicted octanol–water partition coefficient (Wildman–Crippen LogP) is 2.61. The molecule has 1 heterocycles. The highest BCUT2D eigenvalue weighted by atomic mass is 16.5. The van der Waals surface area contributed by atoms with E-state index in [4.69, 9.17) is 4.74 Å². The molecule has 0 bridgehead atoms. The van der Waals surface area contributed by atoms with Crippen LogP contribution in [0.15, 0.2) is 24.3 Å². The van der Waals surface area contributed by atoms with Crippen LogP contribution >= 0.6 is 0 Å². The normalized spacial score (nSPS) is 24.2. The fourth-order valence-electron chi connectivity index (χ4n) is 2.75. The molecule has 1 saturated heterocycles. The molecule has 3 nitrogen and oxygen atoms in total. The first kappa shape index (κ1) is 13.1. The summed E-state index contributed by atoms with van der Waals surface area (Å²) >= 11 is 0. The molecule has 1 fully saturated rings. The third-order valence-corrected chi connectivity index (χ3v) is 3.67. The molecule has 0 aliphatic carbocycles. The third kappa shape index (κ3) is 2.72. The Morgan fingerprint density at radius 3 is 2.72 bits per heavy atom. The van der Waals surface area contributed by atoms with Gasteiger partial charge in [0.05, 0.1) is 19.2 Å². The lowest BCUT2D eigenvalue weighted by molar-refractivity contribution is 0.0922. The van der Waals surface area contributed by atoms with Gasteiger partial charge in [0, 0.05) is 12.6 Å². The minimum atomic E-state index is 0.147. The molecule has 0 amide bonds. The van der Waals surface area contributed by atoms with Crippen LogP contribution in [0.3, 0.4) is 0 Å². The summed E-state index contributed by atoms with van der Waals surface area (Å²) in [5, 5.41) is 0. The van der Waals surface area contributed by atoms with Crippen molar-refractivity contribution in [3.05, 3.63) is 29.8 Å². The Labute approximate surface area is 109 Å². The summed E-state index contributed by atoms with van der Waals surface area (Å²) in [4.78, 5) is 14.6. The summed E-state index contributed by atoms with van der Waals surface area (Å²) in [6, 6.07) is 7.94. The first-order valence-electron chi connectivity index (χ1n) is 6.52. The summed E-state index contributed by atoms with van der Waals surface area (Å²) in [5.41, 5.74) is 0.687. The second-order valence-electron chi connectivity index (χ2n) is 5.24. The van der Waals surface area contributed by atoms with Gasteiger partial charge >= 0.3 is 0 Å². The minimum absolute atomic E-state index is 0.147. The summed E-state index contributed by atoms with van der Waals surface area (Å²) < 4.78 is 5.24. The van der Waals surface area contributed by atoms with E-state index in [-0.39, 0.29) is 5.78 Å². The van der Waals surface area contributed by atoms with E-state index in [0.717, 1.165) is 6.54 Å². The van der Waals surface area contributed by atoms with Crippen molar-refractivity contribution in [3.8, 4) is 5.75 Å². The summed E-state index contributed by atoms with van der Waals surface area (Å²) in [5.74, 6) is 1.50. The fourth-order valence-corrected chi connectivity index (χ4v) is 2.75. The molecule has 98 valence electrons. The van der Waals surface area contributed by atoms with Crippen molar-refractivity contribution in [2.75, 3.05) is 20.2 Å². The number of Topliss-reactive ketones (excluding diaryl/α,β-unsaturated/α-hetero) is 1. The summed E-state index contributed by atoms with van der Waals surface area (Å²) in [6.07, 6.45) is 1.18. The van der Waals surface area contributed by atoms with Gasteiger partial charge in [0.2, 0.25) is 0 Å². The number of likely N-dealkylation sites (tertiary alicyclic amines) is 1. The van der Waals surface area contributed by atoms with Crippen LogP contribution in [0.1, 0.15) is 30.6 Å². The number of carbonyl (C=O) groups is 1. The first-order valence-corrected chi connectivity index (χ1v) is 6.52. The highest BCUT2D eigenvalue weighted by Crippen LogP contribution is 2.24. The van der Waals surface area contributed by atoms with Crippen molar-refractivity contribution in [2.24, 2.45) is 5.92 Å². The molecule has 2 rings (SSSR count). The Bertz CT molecular complexity index is 430. The number of nitrogens with zero attached hydrogens (tertiary/aromatic N) is 1. The number of ether oxygens (including phenoxy) is 1. The minimum Gasteiger partial charge on any atom is -0.496 e. The average Bonchev–Trinajstić information content (AvgIpc) is 2.67. The van der Waals surface area contributed by atoms with Crippen molar-refractivity contribution in [1.82, 2.24) is 4.90 Å². The van der Waals surface area contributed by atoms with E-state index in [9.17, 15) is 4.79 Å². The Morgan fingerprint density at radius 1 is 1.39 bits per heavy atom.